The molecule has 0 aliphatic heterocycles. The molecule has 0 aliphatic carbocycles. The molecule has 0 unspecified atom stereocenters. The average Bonchev–Trinajstić information content (AvgIpc) is 3.00. The second kappa shape index (κ2) is 7.18. The molecule has 3 N–H and O–H groups in total. The van der Waals surface area contributed by atoms with Gasteiger partial charge in [0.25, 0.3) is 0 Å². The van der Waals surface area contributed by atoms with Crippen molar-refractivity contribution in [3.63, 3.8) is 0 Å². The number of nitrogens with zero attached hydrogens (tertiary/aromatic N) is 3. The minimum atomic E-state index is -4.02. The van der Waals surface area contributed by atoms with Gasteiger partial charge in [0, 0.05) is 6.42 Å². The molecule has 9 heteroatoms. The number of sulfonamides is 1. The zero-order valence-electron chi connectivity index (χ0n) is 14.8. The van der Waals surface area contributed by atoms with E-state index in [0.29, 0.717) is 12.2 Å². The summed E-state index contributed by atoms with van der Waals surface area (Å²) in [5.41, 5.74) is 3.16. The smallest absolute Gasteiger partial charge is 0.238 e. The number of hydrogen-bond acceptors (Lipinski definition) is 5. The topological polar surface area (TPSA) is 111 Å². The van der Waals surface area contributed by atoms with Gasteiger partial charge in [-0.2, -0.15) is 0 Å². The maximum absolute atomic E-state index is 14.6. The normalized spacial score (nSPS) is 11.7. The Bertz CT molecular complexity index is 1090. The van der Waals surface area contributed by atoms with Crippen molar-refractivity contribution in [3.05, 3.63) is 70.6 Å². The number of aryl methyl sites for hydroxylation is 2. The molecule has 2 aromatic carbocycles. The molecule has 0 fully saturated rings. The van der Waals surface area contributed by atoms with Crippen molar-refractivity contribution < 1.29 is 17.9 Å². The first kappa shape index (κ1) is 19.2. The van der Waals surface area contributed by atoms with Gasteiger partial charge in [-0.05, 0) is 48.7 Å². The second-order valence-corrected chi connectivity index (χ2v) is 7.78. The average molecular weight is 390 g/mol. The Kier molecular flexibility index (Phi) is 5.09. The van der Waals surface area contributed by atoms with Gasteiger partial charge < -0.3 is 5.11 Å². The quantitative estimate of drug-likeness (QED) is 0.689. The lowest BCUT2D eigenvalue weighted by Crippen LogP contribution is -2.13. The Hall–Kier alpha value is -2.62. The number of hydrogen-bond donors (Lipinski definition) is 2. The monoisotopic (exact) mass is 390 g/mol. The highest BCUT2D eigenvalue weighted by molar-refractivity contribution is 7.89. The Balaban J connectivity index is 2.11. The van der Waals surface area contributed by atoms with Crippen LogP contribution >= 0.6 is 0 Å². The van der Waals surface area contributed by atoms with Crippen LogP contribution in [0.3, 0.4) is 0 Å². The number of aromatic nitrogens is 3. The van der Waals surface area contributed by atoms with Crippen LogP contribution in [0.4, 0.5) is 4.39 Å². The van der Waals surface area contributed by atoms with Crippen molar-refractivity contribution in [1.82, 2.24) is 14.8 Å². The molecule has 0 aliphatic rings. The van der Waals surface area contributed by atoms with Gasteiger partial charge in [0.05, 0.1) is 4.90 Å². The summed E-state index contributed by atoms with van der Waals surface area (Å²) in [4.78, 5) is 3.96. The SMILES string of the molecule is Cc1cccc(C)c1Cc1nc(CO)nn1-c1ccc(S(N)(=O)=O)cc1F. The van der Waals surface area contributed by atoms with Crippen molar-refractivity contribution in [2.75, 3.05) is 0 Å². The summed E-state index contributed by atoms with van der Waals surface area (Å²) in [6, 6.07) is 9.21. The fourth-order valence-electron chi connectivity index (χ4n) is 2.89. The van der Waals surface area contributed by atoms with Gasteiger partial charge in [-0.25, -0.2) is 27.6 Å². The van der Waals surface area contributed by atoms with E-state index in [4.69, 9.17) is 5.14 Å². The lowest BCUT2D eigenvalue weighted by Gasteiger charge is -2.11. The summed E-state index contributed by atoms with van der Waals surface area (Å²) in [7, 11) is -4.02. The highest BCUT2D eigenvalue weighted by atomic mass is 32.2. The Morgan fingerprint density at radius 2 is 1.85 bits per heavy atom. The van der Waals surface area contributed by atoms with E-state index in [2.05, 4.69) is 10.1 Å². The molecular formula is C18H19FN4O3S. The highest BCUT2D eigenvalue weighted by Gasteiger charge is 2.18. The lowest BCUT2D eigenvalue weighted by molar-refractivity contribution is 0.271. The zero-order valence-corrected chi connectivity index (χ0v) is 15.7. The first-order valence-corrected chi connectivity index (χ1v) is 9.69. The predicted molar refractivity (Wildman–Crippen MR) is 97.3 cm³/mol. The lowest BCUT2D eigenvalue weighted by atomic mass is 10.00. The Morgan fingerprint density at radius 3 is 2.41 bits per heavy atom. The summed E-state index contributed by atoms with van der Waals surface area (Å²) in [6.45, 7) is 3.54. The fraction of sp³-hybridized carbons (Fsp3) is 0.222. The number of rotatable bonds is 5. The molecule has 0 atom stereocenters. The summed E-state index contributed by atoms with van der Waals surface area (Å²) in [6.07, 6.45) is 0.377. The molecular weight excluding hydrogens is 371 g/mol. The predicted octanol–water partition coefficient (Wildman–Crippen LogP) is 1.75. The van der Waals surface area contributed by atoms with Crippen molar-refractivity contribution in [1.29, 1.82) is 0 Å². The van der Waals surface area contributed by atoms with E-state index in [0.717, 1.165) is 22.8 Å². The molecule has 3 rings (SSSR count). The number of halogens is 1. The largest absolute Gasteiger partial charge is 0.388 e. The molecule has 0 amide bonds. The van der Waals surface area contributed by atoms with Crippen LogP contribution in [-0.4, -0.2) is 28.3 Å². The third-order valence-corrected chi connectivity index (χ3v) is 5.23. The van der Waals surface area contributed by atoms with E-state index in [9.17, 15) is 17.9 Å². The molecule has 0 spiro atoms. The number of nitrogens with two attached hydrogens (primary N) is 1. The summed E-state index contributed by atoms with van der Waals surface area (Å²) >= 11 is 0. The van der Waals surface area contributed by atoms with Crippen LogP contribution < -0.4 is 5.14 Å². The van der Waals surface area contributed by atoms with Gasteiger partial charge in [0.1, 0.15) is 23.9 Å². The molecule has 0 saturated carbocycles. The van der Waals surface area contributed by atoms with Crippen LogP contribution in [0.1, 0.15) is 28.3 Å². The van der Waals surface area contributed by atoms with Crippen LogP contribution in [0.5, 0.6) is 0 Å². The standard InChI is InChI=1S/C18H19FN4O3S/c1-11-4-3-5-12(2)14(11)9-18-21-17(10-24)22-23(18)16-7-6-13(8-15(16)19)27(20,25)26/h3-8,24H,9-10H2,1-2H3,(H2,20,25,26). The molecule has 0 bridgehead atoms. The Morgan fingerprint density at radius 1 is 1.19 bits per heavy atom. The fourth-order valence-corrected chi connectivity index (χ4v) is 3.41. The van der Waals surface area contributed by atoms with E-state index in [1.54, 1.807) is 0 Å². The van der Waals surface area contributed by atoms with Crippen LogP contribution in [0, 0.1) is 19.7 Å². The summed E-state index contributed by atoms with van der Waals surface area (Å²) in [5, 5.41) is 18.6. The van der Waals surface area contributed by atoms with Crippen molar-refractivity contribution >= 4 is 10.0 Å². The van der Waals surface area contributed by atoms with E-state index in [1.165, 1.54) is 16.8 Å². The van der Waals surface area contributed by atoms with Gasteiger partial charge >= 0.3 is 0 Å². The number of primary sulfonamides is 1. The molecule has 142 valence electrons. The van der Waals surface area contributed by atoms with Crippen LogP contribution in [0.25, 0.3) is 5.69 Å². The number of benzene rings is 2. The van der Waals surface area contributed by atoms with E-state index in [1.807, 2.05) is 32.0 Å². The van der Waals surface area contributed by atoms with E-state index in [-0.39, 0.29) is 16.4 Å². The van der Waals surface area contributed by atoms with Gasteiger partial charge in [-0.1, -0.05) is 18.2 Å². The number of aliphatic hydroxyl groups is 1. The zero-order chi connectivity index (χ0) is 19.8. The molecule has 1 heterocycles. The van der Waals surface area contributed by atoms with Crippen LogP contribution in [0.15, 0.2) is 41.3 Å². The molecule has 1 aromatic heterocycles. The highest BCUT2D eigenvalue weighted by Crippen LogP contribution is 2.22. The van der Waals surface area contributed by atoms with Gasteiger partial charge in [-0.3, -0.25) is 0 Å². The van der Waals surface area contributed by atoms with Gasteiger partial charge in [0.2, 0.25) is 10.0 Å². The first-order valence-electron chi connectivity index (χ1n) is 8.14. The van der Waals surface area contributed by atoms with Gasteiger partial charge in [0.15, 0.2) is 5.82 Å². The third-order valence-electron chi connectivity index (χ3n) is 4.31. The molecule has 7 nitrogen and oxygen atoms in total. The molecule has 27 heavy (non-hydrogen) atoms. The minimum Gasteiger partial charge on any atom is -0.388 e. The van der Waals surface area contributed by atoms with Crippen LogP contribution in [0.2, 0.25) is 0 Å². The van der Waals surface area contributed by atoms with Crippen molar-refractivity contribution in [3.8, 4) is 5.69 Å². The van der Waals surface area contributed by atoms with E-state index >= 15 is 0 Å². The number of aliphatic hydroxyl groups excluding tert-OH is 1. The second-order valence-electron chi connectivity index (χ2n) is 6.22. The van der Waals surface area contributed by atoms with Crippen LogP contribution in [-0.2, 0) is 23.1 Å². The molecule has 0 radical (unpaired) electrons. The summed E-state index contributed by atoms with van der Waals surface area (Å²) in [5.74, 6) is -0.233. The van der Waals surface area contributed by atoms with E-state index < -0.39 is 22.4 Å². The minimum absolute atomic E-state index is 0.0239. The maximum atomic E-state index is 14.6. The van der Waals surface area contributed by atoms with Crippen molar-refractivity contribution in [2.45, 2.75) is 31.8 Å². The Labute approximate surface area is 156 Å². The third kappa shape index (κ3) is 3.90. The summed E-state index contributed by atoms with van der Waals surface area (Å²) < 4.78 is 38.7. The molecule has 0 saturated heterocycles. The maximum Gasteiger partial charge on any atom is 0.238 e. The first-order chi connectivity index (χ1) is 12.7. The van der Waals surface area contributed by atoms with Crippen molar-refractivity contribution in [2.24, 2.45) is 5.14 Å². The van der Waals surface area contributed by atoms with Gasteiger partial charge in [-0.15, -0.1) is 5.10 Å². The molecule has 3 aromatic rings.